The SMILES string of the molecule is CC1C[C@H](CO)[C@H]2OC(C)(C)O[C@@H]12.Cc1nc(S(C)=O)nc(N)c1-c1nc2ccccc2s1. The topological polar surface area (TPSA) is 120 Å². The Hall–Kier alpha value is -1.98. The van der Waals surface area contributed by atoms with Crippen molar-refractivity contribution in [2.24, 2.45) is 11.8 Å². The number of nitrogens with zero attached hydrogens (tertiary/aromatic N) is 3. The first-order valence-electron chi connectivity index (χ1n) is 10.9. The molecule has 0 spiro atoms. The monoisotopic (exact) mass is 490 g/mol. The van der Waals surface area contributed by atoms with Crippen LogP contribution in [0.4, 0.5) is 5.82 Å². The summed E-state index contributed by atoms with van der Waals surface area (Å²) in [5.41, 5.74) is 8.34. The molecular weight excluding hydrogens is 460 g/mol. The van der Waals surface area contributed by atoms with Gasteiger partial charge in [0.25, 0.3) is 0 Å². The van der Waals surface area contributed by atoms with Gasteiger partial charge in [0, 0.05) is 18.8 Å². The molecule has 3 N–H and O–H groups in total. The minimum atomic E-state index is -1.25. The second-order valence-electron chi connectivity index (χ2n) is 9.01. The summed E-state index contributed by atoms with van der Waals surface area (Å²) in [4.78, 5) is 12.9. The summed E-state index contributed by atoms with van der Waals surface area (Å²) >= 11 is 1.55. The van der Waals surface area contributed by atoms with Crippen LogP contribution in [0.1, 0.15) is 32.9 Å². The molecule has 3 aromatic rings. The van der Waals surface area contributed by atoms with E-state index in [1.807, 2.05) is 45.0 Å². The molecule has 1 saturated carbocycles. The van der Waals surface area contributed by atoms with Gasteiger partial charge in [-0.2, -0.15) is 0 Å². The van der Waals surface area contributed by atoms with Gasteiger partial charge in [-0.25, -0.2) is 15.0 Å². The molecule has 2 aromatic heterocycles. The lowest BCUT2D eigenvalue weighted by Crippen LogP contribution is -2.26. The van der Waals surface area contributed by atoms with E-state index in [0.29, 0.717) is 17.4 Å². The zero-order valence-electron chi connectivity index (χ0n) is 19.4. The predicted octanol–water partition coefficient (Wildman–Crippen LogP) is 3.54. The molecule has 3 heterocycles. The summed E-state index contributed by atoms with van der Waals surface area (Å²) < 4.78 is 24.1. The molecule has 1 aromatic carbocycles. The van der Waals surface area contributed by atoms with E-state index in [1.54, 1.807) is 11.3 Å². The fourth-order valence-corrected chi connectivity index (χ4v) is 6.05. The molecule has 33 heavy (non-hydrogen) atoms. The molecule has 8 nitrogen and oxygen atoms in total. The maximum atomic E-state index is 11.5. The number of rotatable bonds is 3. The number of fused-ring (bicyclic) bond motifs is 2. The predicted molar refractivity (Wildman–Crippen MR) is 130 cm³/mol. The maximum absolute atomic E-state index is 11.5. The van der Waals surface area contributed by atoms with Crippen LogP contribution in [-0.2, 0) is 20.3 Å². The highest BCUT2D eigenvalue weighted by atomic mass is 32.2. The van der Waals surface area contributed by atoms with Crippen molar-refractivity contribution in [1.29, 1.82) is 0 Å². The van der Waals surface area contributed by atoms with E-state index in [0.717, 1.165) is 27.2 Å². The standard InChI is InChI=1S/C13H12N4OS2.C10H18O3/c1-7-10(11(14)17-13(15-7)20(2)18)12-16-8-5-3-4-6-9(8)19-12;1-6-4-7(5-11)9-8(6)12-10(2,3)13-9/h3-6H,1-2H3,(H2,14,15,17);6-9,11H,4-5H2,1-3H3/t;6?,7-,8+,9-/m.1/s1. The number of aliphatic hydroxyl groups excluding tert-OH is 1. The molecule has 2 fully saturated rings. The number of aromatic nitrogens is 3. The molecule has 2 unspecified atom stereocenters. The second kappa shape index (κ2) is 9.34. The summed E-state index contributed by atoms with van der Waals surface area (Å²) in [6, 6.07) is 7.89. The first-order valence-corrected chi connectivity index (χ1v) is 13.3. The molecule has 1 aliphatic carbocycles. The van der Waals surface area contributed by atoms with Crippen molar-refractivity contribution in [3.05, 3.63) is 30.0 Å². The van der Waals surface area contributed by atoms with Crippen molar-refractivity contribution in [2.75, 3.05) is 18.6 Å². The summed E-state index contributed by atoms with van der Waals surface area (Å²) in [5.74, 6) is 0.629. The number of aliphatic hydroxyl groups is 1. The number of hydrogen-bond donors (Lipinski definition) is 2. The number of nitrogens with two attached hydrogens (primary N) is 1. The maximum Gasteiger partial charge on any atom is 0.220 e. The minimum absolute atomic E-state index is 0.106. The molecule has 5 rings (SSSR count). The van der Waals surface area contributed by atoms with E-state index in [4.69, 9.17) is 20.3 Å². The largest absolute Gasteiger partial charge is 0.396 e. The summed E-state index contributed by atoms with van der Waals surface area (Å²) in [5, 5.41) is 10.2. The Kier molecular flexibility index (Phi) is 6.84. The highest BCUT2D eigenvalue weighted by Crippen LogP contribution is 2.44. The van der Waals surface area contributed by atoms with Crippen LogP contribution in [0.15, 0.2) is 29.4 Å². The molecular formula is C23H30N4O4S2. The smallest absolute Gasteiger partial charge is 0.220 e. The number of thiazole rings is 1. The highest BCUT2D eigenvalue weighted by Gasteiger charge is 2.51. The Morgan fingerprint density at radius 3 is 2.55 bits per heavy atom. The Morgan fingerprint density at radius 1 is 1.21 bits per heavy atom. The van der Waals surface area contributed by atoms with E-state index in [2.05, 4.69) is 21.9 Å². The third-order valence-electron chi connectivity index (χ3n) is 5.96. The number of aryl methyl sites for hydroxylation is 1. The third-order valence-corrected chi connectivity index (χ3v) is 7.71. The van der Waals surface area contributed by atoms with Crippen molar-refractivity contribution in [1.82, 2.24) is 15.0 Å². The molecule has 1 saturated heterocycles. The fraction of sp³-hybridized carbons (Fsp3) is 0.522. The summed E-state index contributed by atoms with van der Waals surface area (Å²) in [6.45, 7) is 8.08. The number of anilines is 1. The van der Waals surface area contributed by atoms with Crippen LogP contribution in [0, 0.1) is 18.8 Å². The van der Waals surface area contributed by atoms with Gasteiger partial charge in [0.05, 0.1) is 44.5 Å². The first kappa shape index (κ1) is 24.2. The fourth-order valence-electron chi connectivity index (χ4n) is 4.49. The molecule has 1 aliphatic heterocycles. The van der Waals surface area contributed by atoms with Crippen molar-refractivity contribution >= 4 is 38.2 Å². The number of hydrogen-bond acceptors (Lipinski definition) is 9. The van der Waals surface area contributed by atoms with Crippen LogP contribution in [0.25, 0.3) is 20.8 Å². The van der Waals surface area contributed by atoms with E-state index in [-0.39, 0.29) is 29.9 Å². The molecule has 178 valence electrons. The van der Waals surface area contributed by atoms with Gasteiger partial charge in [-0.15, -0.1) is 11.3 Å². The lowest BCUT2D eigenvalue weighted by molar-refractivity contribution is -0.162. The van der Waals surface area contributed by atoms with Gasteiger partial charge in [0.2, 0.25) is 5.16 Å². The normalized spacial score (nSPS) is 26.6. The number of benzene rings is 1. The Morgan fingerprint density at radius 2 is 1.91 bits per heavy atom. The van der Waals surface area contributed by atoms with Crippen LogP contribution in [0.2, 0.25) is 0 Å². The van der Waals surface area contributed by atoms with Crippen LogP contribution in [-0.4, -0.2) is 55.1 Å². The zero-order chi connectivity index (χ0) is 23.9. The van der Waals surface area contributed by atoms with Gasteiger partial charge < -0.3 is 20.3 Å². The molecule has 0 bridgehead atoms. The average molecular weight is 491 g/mol. The number of para-hydroxylation sites is 1. The quantitative estimate of drug-likeness (QED) is 0.535. The van der Waals surface area contributed by atoms with E-state index in [9.17, 15) is 4.21 Å². The molecule has 0 amide bonds. The van der Waals surface area contributed by atoms with Gasteiger partial charge in [-0.1, -0.05) is 19.1 Å². The Labute approximate surface area is 200 Å². The summed E-state index contributed by atoms with van der Waals surface area (Å²) in [6.07, 6.45) is 2.84. The Balaban J connectivity index is 0.000000172. The van der Waals surface area contributed by atoms with Crippen LogP contribution >= 0.6 is 11.3 Å². The molecule has 5 atom stereocenters. The van der Waals surface area contributed by atoms with Gasteiger partial charge in [0.1, 0.15) is 10.8 Å². The average Bonchev–Trinajstić information content (AvgIpc) is 3.39. The van der Waals surface area contributed by atoms with Gasteiger partial charge in [0.15, 0.2) is 5.79 Å². The van der Waals surface area contributed by atoms with Crippen LogP contribution in [0.5, 0.6) is 0 Å². The van der Waals surface area contributed by atoms with Crippen molar-refractivity contribution < 1.29 is 18.8 Å². The van der Waals surface area contributed by atoms with Crippen molar-refractivity contribution in [3.63, 3.8) is 0 Å². The van der Waals surface area contributed by atoms with Gasteiger partial charge >= 0.3 is 0 Å². The number of ether oxygens (including phenoxy) is 2. The van der Waals surface area contributed by atoms with Crippen molar-refractivity contribution in [2.45, 2.75) is 57.3 Å². The van der Waals surface area contributed by atoms with E-state index < -0.39 is 16.6 Å². The molecule has 10 heteroatoms. The Bertz CT molecular complexity index is 1130. The summed E-state index contributed by atoms with van der Waals surface area (Å²) in [7, 11) is -1.25. The second-order valence-corrected chi connectivity index (χ2v) is 11.3. The van der Waals surface area contributed by atoms with Crippen molar-refractivity contribution in [3.8, 4) is 10.6 Å². The lowest BCUT2D eigenvalue weighted by atomic mass is 10.1. The van der Waals surface area contributed by atoms with Gasteiger partial charge in [-0.3, -0.25) is 4.21 Å². The molecule has 0 radical (unpaired) electrons. The number of nitrogen functional groups attached to an aromatic ring is 1. The molecule has 2 aliphatic rings. The van der Waals surface area contributed by atoms with Crippen LogP contribution < -0.4 is 5.73 Å². The zero-order valence-corrected chi connectivity index (χ0v) is 21.1. The minimum Gasteiger partial charge on any atom is -0.396 e. The first-order chi connectivity index (χ1) is 15.6. The lowest BCUT2D eigenvalue weighted by Gasteiger charge is -2.21. The van der Waals surface area contributed by atoms with Gasteiger partial charge in [-0.05, 0) is 45.2 Å². The highest BCUT2D eigenvalue weighted by molar-refractivity contribution is 7.84. The third kappa shape index (κ3) is 4.95. The van der Waals surface area contributed by atoms with E-state index >= 15 is 0 Å². The van der Waals surface area contributed by atoms with E-state index in [1.165, 1.54) is 6.26 Å². The van der Waals surface area contributed by atoms with Crippen LogP contribution in [0.3, 0.4) is 0 Å².